The van der Waals surface area contributed by atoms with Crippen LogP contribution >= 0.6 is 0 Å². The lowest BCUT2D eigenvalue weighted by Crippen LogP contribution is -2.16. The van der Waals surface area contributed by atoms with E-state index < -0.39 is 0 Å². The molecule has 2 rings (SSSR count). The molecule has 0 bridgehead atoms. The summed E-state index contributed by atoms with van der Waals surface area (Å²) < 4.78 is 1.85. The lowest BCUT2D eigenvalue weighted by molar-refractivity contribution is 0.654. The van der Waals surface area contributed by atoms with Gasteiger partial charge in [-0.15, -0.1) is 0 Å². The minimum absolute atomic E-state index is 0.256. The Hall–Kier alpha value is -1.09. The second-order valence-electron chi connectivity index (χ2n) is 4.39. The topological polar surface area (TPSA) is 43.8 Å². The third kappa shape index (κ3) is 2.93. The molecule has 3 heteroatoms. The molecule has 1 aromatic rings. The molecule has 1 aliphatic rings. The zero-order valence-corrected chi connectivity index (χ0v) is 9.32. The Bertz CT molecular complexity index is 352. The third-order valence-corrected chi connectivity index (χ3v) is 2.91. The first-order chi connectivity index (χ1) is 7.24. The first-order valence-corrected chi connectivity index (χ1v) is 5.68. The van der Waals surface area contributed by atoms with Crippen molar-refractivity contribution in [3.8, 4) is 0 Å². The molecule has 0 spiro atoms. The fraction of sp³-hybridized carbons (Fsp3) is 0.583. The Labute approximate surface area is 91.0 Å². The molecule has 0 aromatic carbocycles. The van der Waals surface area contributed by atoms with Crippen LogP contribution in [0.15, 0.2) is 23.9 Å². The SMILES string of the molecule is Cn1ccc(CC2=CC(N)CCCC2)n1. The molecule has 82 valence electrons. The van der Waals surface area contributed by atoms with Crippen molar-refractivity contribution < 1.29 is 0 Å². The molecule has 0 amide bonds. The number of hydrogen-bond acceptors (Lipinski definition) is 2. The number of allylic oxidation sites excluding steroid dienone is 1. The average Bonchev–Trinajstić information content (AvgIpc) is 2.46. The summed E-state index contributed by atoms with van der Waals surface area (Å²) in [5, 5.41) is 4.40. The first-order valence-electron chi connectivity index (χ1n) is 5.68. The van der Waals surface area contributed by atoms with Gasteiger partial charge in [0.25, 0.3) is 0 Å². The molecule has 1 atom stereocenters. The van der Waals surface area contributed by atoms with Crippen LogP contribution in [0.3, 0.4) is 0 Å². The van der Waals surface area contributed by atoms with E-state index in [1.165, 1.54) is 24.8 Å². The maximum Gasteiger partial charge on any atom is 0.0664 e. The van der Waals surface area contributed by atoms with Crippen molar-refractivity contribution in [3.63, 3.8) is 0 Å². The number of aromatic nitrogens is 2. The lowest BCUT2D eigenvalue weighted by Gasteiger charge is -2.04. The second kappa shape index (κ2) is 4.62. The summed E-state index contributed by atoms with van der Waals surface area (Å²) in [7, 11) is 1.96. The van der Waals surface area contributed by atoms with Gasteiger partial charge in [-0.3, -0.25) is 4.68 Å². The molecule has 3 nitrogen and oxygen atoms in total. The van der Waals surface area contributed by atoms with Crippen LogP contribution in [0, 0.1) is 0 Å². The summed E-state index contributed by atoms with van der Waals surface area (Å²) in [5.74, 6) is 0. The summed E-state index contributed by atoms with van der Waals surface area (Å²) in [6.45, 7) is 0. The molecule has 0 radical (unpaired) electrons. The van der Waals surface area contributed by atoms with Gasteiger partial charge in [0.1, 0.15) is 0 Å². The Balaban J connectivity index is 2.04. The quantitative estimate of drug-likeness (QED) is 0.748. The predicted octanol–water partition coefficient (Wildman–Crippen LogP) is 1.79. The van der Waals surface area contributed by atoms with Gasteiger partial charge in [-0.25, -0.2) is 0 Å². The van der Waals surface area contributed by atoms with Crippen molar-refractivity contribution >= 4 is 0 Å². The highest BCUT2D eigenvalue weighted by Gasteiger charge is 2.09. The fourth-order valence-electron chi connectivity index (χ4n) is 2.14. The van der Waals surface area contributed by atoms with E-state index >= 15 is 0 Å². The van der Waals surface area contributed by atoms with Crippen LogP contribution in [0.2, 0.25) is 0 Å². The van der Waals surface area contributed by atoms with Gasteiger partial charge in [0, 0.05) is 25.7 Å². The van der Waals surface area contributed by atoms with Gasteiger partial charge >= 0.3 is 0 Å². The predicted molar refractivity (Wildman–Crippen MR) is 61.4 cm³/mol. The van der Waals surface area contributed by atoms with E-state index in [-0.39, 0.29) is 6.04 Å². The van der Waals surface area contributed by atoms with Gasteiger partial charge in [-0.1, -0.05) is 18.1 Å². The number of nitrogens with two attached hydrogens (primary N) is 1. The highest BCUT2D eigenvalue weighted by molar-refractivity contribution is 5.16. The first kappa shape index (κ1) is 10.4. The smallest absolute Gasteiger partial charge is 0.0664 e. The van der Waals surface area contributed by atoms with E-state index in [0.29, 0.717) is 0 Å². The maximum atomic E-state index is 5.98. The van der Waals surface area contributed by atoms with Crippen LogP contribution in [0.25, 0.3) is 0 Å². The van der Waals surface area contributed by atoms with Crippen LogP contribution in [0.5, 0.6) is 0 Å². The Kier molecular flexibility index (Phi) is 3.21. The number of rotatable bonds is 2. The van der Waals surface area contributed by atoms with Gasteiger partial charge in [0.05, 0.1) is 5.69 Å². The van der Waals surface area contributed by atoms with Crippen molar-refractivity contribution in [3.05, 3.63) is 29.6 Å². The van der Waals surface area contributed by atoms with E-state index in [4.69, 9.17) is 5.73 Å². The largest absolute Gasteiger partial charge is 0.324 e. The van der Waals surface area contributed by atoms with Gasteiger partial charge < -0.3 is 5.73 Å². The van der Waals surface area contributed by atoms with Crippen LogP contribution in [0.1, 0.15) is 31.4 Å². The monoisotopic (exact) mass is 205 g/mol. The van der Waals surface area contributed by atoms with Crippen molar-refractivity contribution in [2.24, 2.45) is 12.8 Å². The second-order valence-corrected chi connectivity index (χ2v) is 4.39. The normalized spacial score (nSPS) is 22.3. The van der Waals surface area contributed by atoms with Crippen LogP contribution in [0.4, 0.5) is 0 Å². The number of nitrogens with zero attached hydrogens (tertiary/aromatic N) is 2. The molecular weight excluding hydrogens is 186 g/mol. The van der Waals surface area contributed by atoms with Gasteiger partial charge in [0.2, 0.25) is 0 Å². The standard InChI is InChI=1S/C12H19N3/c1-15-7-6-12(14-15)9-10-4-2-3-5-11(13)8-10/h6-8,11H,2-5,9,13H2,1H3. The Morgan fingerprint density at radius 3 is 3.13 bits per heavy atom. The van der Waals surface area contributed by atoms with E-state index in [1.54, 1.807) is 0 Å². The average molecular weight is 205 g/mol. The van der Waals surface area contributed by atoms with E-state index in [9.17, 15) is 0 Å². The van der Waals surface area contributed by atoms with E-state index in [0.717, 1.165) is 18.5 Å². The molecule has 0 fully saturated rings. The summed E-state index contributed by atoms with van der Waals surface area (Å²) in [4.78, 5) is 0. The number of hydrogen-bond donors (Lipinski definition) is 1. The summed E-state index contributed by atoms with van der Waals surface area (Å²) in [5.41, 5.74) is 8.59. The van der Waals surface area contributed by atoms with Crippen LogP contribution in [-0.4, -0.2) is 15.8 Å². The summed E-state index contributed by atoms with van der Waals surface area (Å²) in [6.07, 6.45) is 10.0. The van der Waals surface area contributed by atoms with Crippen LogP contribution in [-0.2, 0) is 13.5 Å². The Morgan fingerprint density at radius 1 is 1.53 bits per heavy atom. The van der Waals surface area contributed by atoms with Crippen molar-refractivity contribution in [2.75, 3.05) is 0 Å². The minimum Gasteiger partial charge on any atom is -0.324 e. The molecular formula is C12H19N3. The molecule has 15 heavy (non-hydrogen) atoms. The molecule has 0 saturated carbocycles. The molecule has 2 N–H and O–H groups in total. The molecule has 1 aliphatic carbocycles. The van der Waals surface area contributed by atoms with E-state index in [2.05, 4.69) is 17.2 Å². The van der Waals surface area contributed by atoms with Gasteiger partial charge in [-0.2, -0.15) is 5.10 Å². The zero-order chi connectivity index (χ0) is 10.7. The van der Waals surface area contributed by atoms with Crippen LogP contribution < -0.4 is 5.73 Å². The van der Waals surface area contributed by atoms with Gasteiger partial charge in [-0.05, 0) is 25.3 Å². The molecule has 1 unspecified atom stereocenters. The third-order valence-electron chi connectivity index (χ3n) is 2.91. The molecule has 1 heterocycles. The van der Waals surface area contributed by atoms with Crippen molar-refractivity contribution in [1.29, 1.82) is 0 Å². The fourth-order valence-corrected chi connectivity index (χ4v) is 2.14. The summed E-state index contributed by atoms with van der Waals surface area (Å²) in [6, 6.07) is 2.34. The molecule has 0 saturated heterocycles. The zero-order valence-electron chi connectivity index (χ0n) is 9.32. The lowest BCUT2D eigenvalue weighted by atomic mass is 10.1. The summed E-state index contributed by atoms with van der Waals surface area (Å²) >= 11 is 0. The Morgan fingerprint density at radius 2 is 2.40 bits per heavy atom. The van der Waals surface area contributed by atoms with Gasteiger partial charge in [0.15, 0.2) is 0 Å². The van der Waals surface area contributed by atoms with Crippen molar-refractivity contribution in [2.45, 2.75) is 38.1 Å². The number of aryl methyl sites for hydroxylation is 1. The minimum atomic E-state index is 0.256. The highest BCUT2D eigenvalue weighted by Crippen LogP contribution is 2.19. The molecule has 1 aromatic heterocycles. The van der Waals surface area contributed by atoms with Crippen molar-refractivity contribution in [1.82, 2.24) is 9.78 Å². The maximum absolute atomic E-state index is 5.98. The highest BCUT2D eigenvalue weighted by atomic mass is 15.2. The van der Waals surface area contributed by atoms with E-state index in [1.807, 2.05) is 17.9 Å². The molecule has 0 aliphatic heterocycles.